The van der Waals surface area contributed by atoms with Crippen molar-refractivity contribution in [3.63, 3.8) is 0 Å². The fraction of sp³-hybridized carbons (Fsp3) is 0.333. The summed E-state index contributed by atoms with van der Waals surface area (Å²) in [6.45, 7) is 4.20. The van der Waals surface area contributed by atoms with Gasteiger partial charge in [0.1, 0.15) is 43.8 Å². The molecule has 0 spiro atoms. The van der Waals surface area contributed by atoms with E-state index in [-0.39, 0.29) is 70.5 Å². The first-order valence-electron chi connectivity index (χ1n) is 15.9. The number of benzene rings is 4. The van der Waals surface area contributed by atoms with Gasteiger partial charge in [-0.05, 0) is 79.3 Å². The molecule has 0 atom stereocenters. The molecule has 4 rings (SSSR count). The third-order valence-electron chi connectivity index (χ3n) is 7.32. The molecule has 0 aliphatic rings. The van der Waals surface area contributed by atoms with Crippen LogP contribution in [0, 0.1) is 0 Å². The van der Waals surface area contributed by atoms with Crippen molar-refractivity contribution in [3.05, 3.63) is 96.1 Å². The fourth-order valence-electron chi connectivity index (χ4n) is 4.92. The van der Waals surface area contributed by atoms with Crippen molar-refractivity contribution in [3.8, 4) is 34.5 Å². The number of aromatic hydroxyl groups is 1. The van der Waals surface area contributed by atoms with Gasteiger partial charge in [-0.15, -0.1) is 5.75 Å². The Morgan fingerprint density at radius 2 is 1.08 bits per heavy atom. The Labute approximate surface area is 319 Å². The maximum atomic E-state index is 11.7. The summed E-state index contributed by atoms with van der Waals surface area (Å²) in [4.78, 5) is -0.383. The van der Waals surface area contributed by atoms with E-state index < -0.39 is 20.2 Å². The molecule has 13 heteroatoms. The first-order valence-corrected chi connectivity index (χ1v) is 18.8. The molecule has 0 radical (unpaired) electrons. The van der Waals surface area contributed by atoms with Crippen molar-refractivity contribution in [1.29, 1.82) is 0 Å². The van der Waals surface area contributed by atoms with Gasteiger partial charge in [0, 0.05) is 12.1 Å². The molecule has 0 aliphatic heterocycles. The molecule has 0 amide bonds. The predicted molar refractivity (Wildman–Crippen MR) is 186 cm³/mol. The topological polar surface area (TPSA) is 173 Å². The number of aryl methyl sites for hydroxylation is 2. The third kappa shape index (κ3) is 14.9. The van der Waals surface area contributed by atoms with Crippen molar-refractivity contribution < 1.29 is 45.6 Å². The minimum Gasteiger partial charge on any atom is -0.872 e. The van der Waals surface area contributed by atoms with Gasteiger partial charge in [0.05, 0.1) is 4.90 Å². The predicted octanol–water partition coefficient (Wildman–Crippen LogP) is 7.75. The van der Waals surface area contributed by atoms with E-state index >= 15 is 0 Å². The van der Waals surface area contributed by atoms with Crippen molar-refractivity contribution in [2.24, 2.45) is 0 Å². The monoisotopic (exact) mass is 738 g/mol. The number of hydrogen-bond acceptors (Lipinski definition) is 9. The number of ether oxygens (including phenoxy) is 2. The van der Waals surface area contributed by atoms with E-state index in [0.717, 1.165) is 51.4 Å². The molecule has 4 aromatic rings. The van der Waals surface area contributed by atoms with Crippen LogP contribution in [-0.2, 0) is 33.1 Å². The maximum Gasteiger partial charge on any atom is 2.00 e. The van der Waals surface area contributed by atoms with Crippen LogP contribution < -0.4 is 14.6 Å². The summed E-state index contributed by atoms with van der Waals surface area (Å²) in [6, 6.07) is 21.1. The first kappa shape index (κ1) is 42.3. The molecule has 0 saturated heterocycles. The summed E-state index contributed by atoms with van der Waals surface area (Å²) in [7, 11) is -8.92. The smallest absolute Gasteiger partial charge is 0.872 e. The van der Waals surface area contributed by atoms with Crippen molar-refractivity contribution in [2.75, 3.05) is 0 Å². The van der Waals surface area contributed by atoms with Crippen LogP contribution in [0.3, 0.4) is 0 Å². The van der Waals surface area contributed by atoms with Crippen molar-refractivity contribution in [2.45, 2.75) is 87.8 Å². The number of phenolic OH excluding ortho intramolecular Hbond substituents is 1. The molecule has 4 aromatic carbocycles. The molecule has 0 bridgehead atoms. The Morgan fingerprint density at radius 1 is 0.612 bits per heavy atom. The second kappa shape index (κ2) is 20.7. The molecular formula is C36H42CaO10S2. The van der Waals surface area contributed by atoms with E-state index in [4.69, 9.17) is 9.47 Å². The van der Waals surface area contributed by atoms with Crippen LogP contribution in [0.4, 0.5) is 0 Å². The van der Waals surface area contributed by atoms with E-state index in [9.17, 15) is 36.2 Å². The molecule has 0 heterocycles. The Kier molecular flexibility index (Phi) is 17.9. The molecule has 0 unspecified atom stereocenters. The van der Waals surface area contributed by atoms with Crippen LogP contribution in [0.15, 0.2) is 94.7 Å². The molecule has 2 N–H and O–H groups in total. The fourth-order valence-corrected chi connectivity index (χ4v) is 6.44. The van der Waals surface area contributed by atoms with Crippen LogP contribution in [0.2, 0.25) is 0 Å². The molecular weight excluding hydrogens is 697 g/mol. The zero-order valence-corrected chi connectivity index (χ0v) is 31.7. The second-order valence-electron chi connectivity index (χ2n) is 11.3. The zero-order valence-electron chi connectivity index (χ0n) is 27.8. The van der Waals surface area contributed by atoms with E-state index in [0.29, 0.717) is 35.5 Å². The minimum atomic E-state index is -4.59. The summed E-state index contributed by atoms with van der Waals surface area (Å²) in [5.41, 5.74) is 1.09. The van der Waals surface area contributed by atoms with E-state index in [1.807, 2.05) is 0 Å². The van der Waals surface area contributed by atoms with Crippen LogP contribution in [0.25, 0.3) is 0 Å². The summed E-state index contributed by atoms with van der Waals surface area (Å²) in [6.07, 6.45) is 9.17. The number of hydrogen-bond donors (Lipinski definition) is 2. The largest absolute Gasteiger partial charge is 2.00 e. The number of rotatable bonds is 16. The molecule has 0 aliphatic carbocycles. The SMILES string of the molecule is CCCCCCc1ccc(Oc2cccc(O)c2)cc1S(=O)(=O)O.CCCCCCc1ccc(Oc2cccc([O-])c2)cc1S(=O)(=O)[O-].[Ca+2]. The first-order chi connectivity index (χ1) is 22.8. The average Bonchev–Trinajstić information content (AvgIpc) is 3.02. The minimum absolute atomic E-state index is 0. The van der Waals surface area contributed by atoms with Gasteiger partial charge in [-0.2, -0.15) is 8.42 Å². The van der Waals surface area contributed by atoms with Gasteiger partial charge in [-0.3, -0.25) is 4.55 Å². The zero-order chi connectivity index (χ0) is 35.2. The van der Waals surface area contributed by atoms with Crippen LogP contribution in [0.5, 0.6) is 34.5 Å². The summed E-state index contributed by atoms with van der Waals surface area (Å²) in [5.74, 6) is 1.02. The molecule has 10 nitrogen and oxygen atoms in total. The Balaban J connectivity index is 0.000000333. The quantitative estimate of drug-likeness (QED) is 0.0657. The Bertz CT molecular complexity index is 1710. The van der Waals surface area contributed by atoms with E-state index in [1.165, 1.54) is 36.4 Å². The Morgan fingerprint density at radius 3 is 1.55 bits per heavy atom. The van der Waals surface area contributed by atoms with Crippen LogP contribution in [-0.4, -0.2) is 68.8 Å². The van der Waals surface area contributed by atoms with Gasteiger partial charge >= 0.3 is 37.7 Å². The second-order valence-corrected chi connectivity index (χ2v) is 14.0. The average molecular weight is 739 g/mol. The molecule has 49 heavy (non-hydrogen) atoms. The van der Waals surface area contributed by atoms with Gasteiger partial charge in [-0.25, -0.2) is 8.42 Å². The van der Waals surface area contributed by atoms with Crippen molar-refractivity contribution in [1.82, 2.24) is 0 Å². The molecule has 0 fully saturated rings. The van der Waals surface area contributed by atoms with Crippen LogP contribution in [0.1, 0.15) is 76.3 Å². The maximum absolute atomic E-state index is 11.7. The van der Waals surface area contributed by atoms with Gasteiger partial charge < -0.3 is 24.2 Å². The summed E-state index contributed by atoms with van der Waals surface area (Å²) in [5, 5.41) is 20.8. The van der Waals surface area contributed by atoms with Crippen LogP contribution >= 0.6 is 0 Å². The summed E-state index contributed by atoms with van der Waals surface area (Å²) < 4.78 is 78.5. The van der Waals surface area contributed by atoms with Crippen molar-refractivity contribution >= 4 is 58.0 Å². The van der Waals surface area contributed by atoms with Gasteiger partial charge in [0.15, 0.2) is 0 Å². The Hall–Kier alpha value is -2.84. The van der Waals surface area contributed by atoms with Gasteiger partial charge in [-0.1, -0.05) is 82.7 Å². The van der Waals surface area contributed by atoms with Gasteiger partial charge in [0.25, 0.3) is 10.1 Å². The standard InChI is InChI=1S/2C18H22O5S.Ca/c2*1-2-3-4-5-7-14-10-11-17(13-18(14)24(20,21)22)23-16-9-6-8-15(19)12-16;/h2*6,8-13,19H,2-5,7H2,1H3,(H,20,21,22);/q;;+2/p-2. The normalized spacial score (nSPS) is 11.2. The molecule has 0 aromatic heterocycles. The van der Waals surface area contributed by atoms with E-state index in [2.05, 4.69) is 13.8 Å². The molecule has 260 valence electrons. The number of unbranched alkanes of at least 4 members (excludes halogenated alkanes) is 6. The molecule has 0 saturated carbocycles. The van der Waals surface area contributed by atoms with E-state index in [1.54, 1.807) is 48.5 Å². The van der Waals surface area contributed by atoms with Gasteiger partial charge in [0.2, 0.25) is 0 Å². The summed E-state index contributed by atoms with van der Waals surface area (Å²) >= 11 is 0. The number of phenols is 1. The third-order valence-corrected chi connectivity index (χ3v) is 9.17.